The summed E-state index contributed by atoms with van der Waals surface area (Å²) in [6.07, 6.45) is 0.788. The fraction of sp³-hybridized carbons (Fsp3) is 0.240. The molecule has 0 saturated carbocycles. The molecular weight excluding hydrogens is 438 g/mol. The first-order chi connectivity index (χ1) is 15.6. The normalized spacial score (nSPS) is 11.1. The molecule has 164 valence electrons. The topological polar surface area (TPSA) is 64.0 Å². The van der Waals surface area contributed by atoms with Gasteiger partial charge in [-0.3, -0.25) is 14.2 Å². The Bertz CT molecular complexity index is 1280. The second-order valence-electron chi connectivity index (χ2n) is 7.51. The third kappa shape index (κ3) is 4.95. The molecule has 0 unspecified atom stereocenters. The van der Waals surface area contributed by atoms with Crippen LogP contribution in [0.1, 0.15) is 18.1 Å². The third-order valence-corrected chi connectivity index (χ3v) is 7.17. The van der Waals surface area contributed by atoms with Gasteiger partial charge < -0.3 is 5.32 Å². The summed E-state index contributed by atoms with van der Waals surface area (Å²) in [6, 6.07) is 18.3. The molecule has 1 amide bonds. The van der Waals surface area contributed by atoms with Gasteiger partial charge >= 0.3 is 0 Å². The quantitative estimate of drug-likeness (QED) is 0.298. The van der Waals surface area contributed by atoms with Crippen molar-refractivity contribution in [3.05, 3.63) is 81.5 Å². The number of hydrogen-bond donors (Lipinski definition) is 1. The first-order valence-corrected chi connectivity index (χ1v) is 12.5. The lowest BCUT2D eigenvalue weighted by molar-refractivity contribution is -0.118. The first kappa shape index (κ1) is 22.3. The number of amides is 1. The van der Waals surface area contributed by atoms with Crippen LogP contribution in [0.25, 0.3) is 21.3 Å². The fourth-order valence-electron chi connectivity index (χ4n) is 3.48. The largest absolute Gasteiger partial charge is 0.355 e. The fourth-order valence-corrected chi connectivity index (χ4v) is 5.33. The number of rotatable bonds is 8. The monoisotopic (exact) mass is 463 g/mol. The molecule has 4 aromatic rings. The first-order valence-electron chi connectivity index (χ1n) is 10.6. The number of carbonyl (C=O) groups is 1. The van der Waals surface area contributed by atoms with Gasteiger partial charge in [-0.1, -0.05) is 71.9 Å². The van der Waals surface area contributed by atoms with Crippen LogP contribution in [-0.2, 0) is 17.8 Å². The summed E-state index contributed by atoms with van der Waals surface area (Å²) in [7, 11) is 0. The Kier molecular flexibility index (Phi) is 7.07. The zero-order valence-corrected chi connectivity index (χ0v) is 19.8. The predicted molar refractivity (Wildman–Crippen MR) is 134 cm³/mol. The number of nitrogens with one attached hydrogen (secondary N) is 1. The van der Waals surface area contributed by atoms with Crippen molar-refractivity contribution < 1.29 is 4.79 Å². The molecule has 0 aliphatic rings. The highest BCUT2D eigenvalue weighted by atomic mass is 32.2. The van der Waals surface area contributed by atoms with Crippen molar-refractivity contribution >= 4 is 39.2 Å². The molecule has 0 fully saturated rings. The van der Waals surface area contributed by atoms with Crippen molar-refractivity contribution in [3.63, 3.8) is 0 Å². The second kappa shape index (κ2) is 10.1. The van der Waals surface area contributed by atoms with Crippen LogP contribution in [0, 0.1) is 6.92 Å². The third-order valence-electron chi connectivity index (χ3n) is 5.23. The molecule has 0 saturated heterocycles. The van der Waals surface area contributed by atoms with E-state index in [0.29, 0.717) is 28.5 Å². The molecule has 0 spiro atoms. The van der Waals surface area contributed by atoms with Crippen LogP contribution in [0.4, 0.5) is 0 Å². The molecule has 5 nitrogen and oxygen atoms in total. The standard InChI is InChI=1S/C25H25N3O2S2/c1-3-28-24(30)23-22(20(15-31-23)19-11-9-17(2)10-12-19)27-25(28)32-16-21(29)26-14-13-18-7-5-4-6-8-18/h4-12,15H,3,13-14,16H2,1-2H3,(H,26,29). The van der Waals surface area contributed by atoms with Crippen LogP contribution >= 0.6 is 23.1 Å². The summed E-state index contributed by atoms with van der Waals surface area (Å²) in [5.41, 5.74) is 5.03. The van der Waals surface area contributed by atoms with Crippen LogP contribution in [0.15, 0.2) is 69.9 Å². The number of aromatic nitrogens is 2. The van der Waals surface area contributed by atoms with Crippen LogP contribution in [0.3, 0.4) is 0 Å². The zero-order chi connectivity index (χ0) is 22.5. The van der Waals surface area contributed by atoms with Crippen LogP contribution in [0.5, 0.6) is 0 Å². The van der Waals surface area contributed by atoms with Gasteiger partial charge in [-0.05, 0) is 31.4 Å². The van der Waals surface area contributed by atoms with Crippen molar-refractivity contribution in [2.24, 2.45) is 0 Å². The van der Waals surface area contributed by atoms with Crippen LogP contribution < -0.4 is 10.9 Å². The number of carbonyl (C=O) groups excluding carboxylic acids is 1. The predicted octanol–water partition coefficient (Wildman–Crippen LogP) is 4.90. The highest BCUT2D eigenvalue weighted by Gasteiger charge is 2.17. The van der Waals surface area contributed by atoms with Crippen LogP contribution in [-0.4, -0.2) is 27.8 Å². The Morgan fingerprint density at radius 2 is 1.88 bits per heavy atom. The molecule has 0 aliphatic heterocycles. The number of benzene rings is 2. The molecule has 2 aromatic carbocycles. The Hall–Kier alpha value is -2.90. The van der Waals surface area contributed by atoms with E-state index in [9.17, 15) is 9.59 Å². The smallest absolute Gasteiger partial charge is 0.272 e. The minimum absolute atomic E-state index is 0.0483. The SMILES string of the molecule is CCn1c(SCC(=O)NCCc2ccccc2)nc2c(-c3ccc(C)cc3)csc2c1=O. The summed E-state index contributed by atoms with van der Waals surface area (Å²) >= 11 is 2.74. The van der Waals surface area contributed by atoms with Crippen molar-refractivity contribution in [1.82, 2.24) is 14.9 Å². The molecule has 2 heterocycles. The number of thiophene rings is 1. The zero-order valence-electron chi connectivity index (χ0n) is 18.1. The molecule has 1 N–H and O–H groups in total. The lowest BCUT2D eigenvalue weighted by atomic mass is 10.1. The van der Waals surface area contributed by atoms with Gasteiger partial charge in [-0.25, -0.2) is 4.98 Å². The molecule has 0 radical (unpaired) electrons. The molecule has 7 heteroatoms. The molecule has 0 aliphatic carbocycles. The van der Waals surface area contributed by atoms with Crippen molar-refractivity contribution in [2.75, 3.05) is 12.3 Å². The molecule has 2 aromatic heterocycles. The Morgan fingerprint density at radius 1 is 1.12 bits per heavy atom. The van der Waals surface area contributed by atoms with E-state index in [1.165, 1.54) is 34.2 Å². The van der Waals surface area contributed by atoms with Gasteiger partial charge in [0.25, 0.3) is 5.56 Å². The highest BCUT2D eigenvalue weighted by Crippen LogP contribution is 2.32. The van der Waals surface area contributed by atoms with E-state index in [1.54, 1.807) is 4.57 Å². The van der Waals surface area contributed by atoms with E-state index in [0.717, 1.165) is 17.5 Å². The minimum Gasteiger partial charge on any atom is -0.355 e. The van der Waals surface area contributed by atoms with Gasteiger partial charge in [0, 0.05) is 24.0 Å². The van der Waals surface area contributed by atoms with Gasteiger partial charge in [0.2, 0.25) is 5.91 Å². The summed E-state index contributed by atoms with van der Waals surface area (Å²) in [6.45, 7) is 5.07. The Labute approximate surface area is 195 Å². The average Bonchev–Trinajstić information content (AvgIpc) is 3.23. The number of aryl methyl sites for hydroxylation is 1. The number of nitrogens with zero attached hydrogens (tertiary/aromatic N) is 2. The summed E-state index contributed by atoms with van der Waals surface area (Å²) in [5.74, 6) is 0.156. The Morgan fingerprint density at radius 3 is 2.59 bits per heavy atom. The lowest BCUT2D eigenvalue weighted by Gasteiger charge is -2.11. The van der Waals surface area contributed by atoms with Gasteiger partial charge in [0.05, 0.1) is 11.3 Å². The van der Waals surface area contributed by atoms with Crippen molar-refractivity contribution in [3.8, 4) is 11.1 Å². The minimum atomic E-state index is -0.0630. The molecule has 0 atom stereocenters. The van der Waals surface area contributed by atoms with E-state index in [1.807, 2.05) is 49.6 Å². The van der Waals surface area contributed by atoms with E-state index < -0.39 is 0 Å². The van der Waals surface area contributed by atoms with Gasteiger partial charge in [0.1, 0.15) is 4.70 Å². The summed E-state index contributed by atoms with van der Waals surface area (Å²) in [5, 5.41) is 5.53. The molecule has 4 rings (SSSR count). The number of fused-ring (bicyclic) bond motifs is 1. The van der Waals surface area contributed by atoms with Crippen molar-refractivity contribution in [1.29, 1.82) is 0 Å². The summed E-state index contributed by atoms with van der Waals surface area (Å²) in [4.78, 5) is 30.3. The van der Waals surface area contributed by atoms with Crippen molar-refractivity contribution in [2.45, 2.75) is 32.0 Å². The number of hydrogen-bond acceptors (Lipinski definition) is 5. The van der Waals surface area contributed by atoms with E-state index in [2.05, 4.69) is 29.6 Å². The maximum absolute atomic E-state index is 13.1. The summed E-state index contributed by atoms with van der Waals surface area (Å²) < 4.78 is 2.30. The molecular formula is C25H25N3O2S2. The van der Waals surface area contributed by atoms with E-state index in [-0.39, 0.29) is 17.2 Å². The molecule has 32 heavy (non-hydrogen) atoms. The average molecular weight is 464 g/mol. The van der Waals surface area contributed by atoms with Gasteiger partial charge in [-0.2, -0.15) is 0 Å². The Balaban J connectivity index is 1.51. The highest BCUT2D eigenvalue weighted by molar-refractivity contribution is 7.99. The van der Waals surface area contributed by atoms with Gasteiger partial charge in [0.15, 0.2) is 5.16 Å². The molecule has 0 bridgehead atoms. The van der Waals surface area contributed by atoms with Gasteiger partial charge in [-0.15, -0.1) is 11.3 Å². The lowest BCUT2D eigenvalue weighted by Crippen LogP contribution is -2.28. The van der Waals surface area contributed by atoms with E-state index >= 15 is 0 Å². The number of thioether (sulfide) groups is 1. The maximum atomic E-state index is 13.1. The maximum Gasteiger partial charge on any atom is 0.272 e. The van der Waals surface area contributed by atoms with Crippen LogP contribution in [0.2, 0.25) is 0 Å². The second-order valence-corrected chi connectivity index (χ2v) is 9.33. The van der Waals surface area contributed by atoms with E-state index in [4.69, 9.17) is 4.98 Å².